The molecule has 2 heterocycles. The Morgan fingerprint density at radius 1 is 1.08 bits per heavy atom. The van der Waals surface area contributed by atoms with Gasteiger partial charge in [-0.25, -0.2) is 14.2 Å². The van der Waals surface area contributed by atoms with Crippen molar-refractivity contribution in [3.63, 3.8) is 0 Å². The average molecular weight is 325 g/mol. The highest BCUT2D eigenvalue weighted by Crippen LogP contribution is 2.36. The number of rotatable bonds is 2. The first kappa shape index (κ1) is 14.4. The number of carboxylic acids is 1. The van der Waals surface area contributed by atoms with E-state index in [1.165, 1.54) is 18.2 Å². The van der Waals surface area contributed by atoms with Gasteiger partial charge in [0.2, 0.25) is 0 Å². The van der Waals surface area contributed by atoms with Crippen LogP contribution in [0.25, 0.3) is 22.2 Å². The maximum atomic E-state index is 13.5. The molecule has 1 N–H and O–H groups in total. The maximum Gasteiger partial charge on any atom is 0.336 e. The van der Waals surface area contributed by atoms with Crippen molar-refractivity contribution in [1.29, 1.82) is 0 Å². The highest BCUT2D eigenvalue weighted by Gasteiger charge is 2.19. The first-order valence-electron chi connectivity index (χ1n) is 7.35. The maximum absolute atomic E-state index is 13.5. The lowest BCUT2D eigenvalue weighted by molar-refractivity contribution is 0.0699. The lowest BCUT2D eigenvalue weighted by Crippen LogP contribution is -2.15. The lowest BCUT2D eigenvalue weighted by Gasteiger charge is -2.19. The van der Waals surface area contributed by atoms with Crippen LogP contribution >= 0.6 is 0 Å². The Labute approximate surface area is 136 Å². The van der Waals surface area contributed by atoms with Crippen molar-refractivity contribution in [2.45, 2.75) is 0 Å². The first-order valence-corrected chi connectivity index (χ1v) is 7.35. The Morgan fingerprint density at radius 3 is 2.54 bits per heavy atom. The van der Waals surface area contributed by atoms with Crippen molar-refractivity contribution in [3.05, 3.63) is 53.8 Å². The molecular weight excluding hydrogens is 313 g/mol. The van der Waals surface area contributed by atoms with Gasteiger partial charge in [-0.3, -0.25) is 0 Å². The summed E-state index contributed by atoms with van der Waals surface area (Å²) in [6.07, 6.45) is 0. The Morgan fingerprint density at radius 2 is 1.83 bits per heavy atom. The van der Waals surface area contributed by atoms with Crippen molar-refractivity contribution >= 4 is 16.9 Å². The topological polar surface area (TPSA) is 68.7 Å². The van der Waals surface area contributed by atoms with E-state index in [4.69, 9.17) is 9.47 Å². The second-order valence-electron chi connectivity index (χ2n) is 5.38. The molecule has 3 aromatic rings. The van der Waals surface area contributed by atoms with Gasteiger partial charge >= 0.3 is 5.97 Å². The Bertz CT molecular complexity index is 971. The van der Waals surface area contributed by atoms with Gasteiger partial charge in [-0.15, -0.1) is 0 Å². The van der Waals surface area contributed by atoms with E-state index in [-0.39, 0.29) is 5.56 Å². The van der Waals surface area contributed by atoms with Gasteiger partial charge < -0.3 is 14.6 Å². The molecule has 1 aliphatic heterocycles. The fraction of sp³-hybridized carbons (Fsp3) is 0.111. The Kier molecular flexibility index (Phi) is 3.30. The van der Waals surface area contributed by atoms with E-state index in [0.29, 0.717) is 46.9 Å². The zero-order valence-corrected chi connectivity index (χ0v) is 12.5. The van der Waals surface area contributed by atoms with Crippen molar-refractivity contribution in [2.24, 2.45) is 0 Å². The number of carbonyl (C=O) groups is 1. The molecule has 0 spiro atoms. The average Bonchev–Trinajstić information content (AvgIpc) is 2.58. The summed E-state index contributed by atoms with van der Waals surface area (Å²) in [5.74, 6) is -0.476. The number of aromatic nitrogens is 1. The van der Waals surface area contributed by atoms with Gasteiger partial charge in [0.25, 0.3) is 0 Å². The summed E-state index contributed by atoms with van der Waals surface area (Å²) in [5.41, 5.74) is 1.43. The summed E-state index contributed by atoms with van der Waals surface area (Å²) < 4.78 is 24.5. The molecule has 0 saturated heterocycles. The summed E-state index contributed by atoms with van der Waals surface area (Å²) in [6.45, 7) is 0.837. The number of hydrogen-bond donors (Lipinski definition) is 1. The largest absolute Gasteiger partial charge is 0.486 e. The highest BCUT2D eigenvalue weighted by molar-refractivity contribution is 6.04. The second kappa shape index (κ2) is 5.49. The van der Waals surface area contributed by atoms with Crippen LogP contribution < -0.4 is 9.47 Å². The summed E-state index contributed by atoms with van der Waals surface area (Å²) >= 11 is 0. The molecule has 0 bridgehead atoms. The van der Waals surface area contributed by atoms with E-state index in [9.17, 15) is 14.3 Å². The SMILES string of the molecule is O=C(O)c1cc(-c2cccc(F)c2)nc2cc3c(cc12)OCCO3. The van der Waals surface area contributed by atoms with E-state index in [0.717, 1.165) is 0 Å². The molecular formula is C18H12FNO4. The van der Waals surface area contributed by atoms with Crippen LogP contribution in [0.5, 0.6) is 11.5 Å². The van der Waals surface area contributed by atoms with Gasteiger partial charge in [-0.2, -0.15) is 0 Å². The number of nitrogens with zero attached hydrogens (tertiary/aromatic N) is 1. The Balaban J connectivity index is 1.98. The third kappa shape index (κ3) is 2.42. The van der Waals surface area contributed by atoms with Gasteiger partial charge in [0, 0.05) is 17.0 Å². The van der Waals surface area contributed by atoms with Crippen molar-refractivity contribution in [2.75, 3.05) is 13.2 Å². The van der Waals surface area contributed by atoms with Crippen LogP contribution in [0, 0.1) is 5.82 Å². The minimum absolute atomic E-state index is 0.0798. The van der Waals surface area contributed by atoms with E-state index in [1.54, 1.807) is 24.3 Å². The van der Waals surface area contributed by atoms with Crippen LogP contribution in [0.2, 0.25) is 0 Å². The summed E-state index contributed by atoms with van der Waals surface area (Å²) in [4.78, 5) is 16.1. The second-order valence-corrected chi connectivity index (χ2v) is 5.38. The van der Waals surface area contributed by atoms with Crippen molar-refractivity contribution in [1.82, 2.24) is 4.98 Å². The molecule has 120 valence electrons. The number of aromatic carboxylic acids is 1. The normalized spacial score (nSPS) is 13.0. The monoisotopic (exact) mass is 325 g/mol. The smallest absolute Gasteiger partial charge is 0.336 e. The van der Waals surface area contributed by atoms with Crippen molar-refractivity contribution in [3.8, 4) is 22.8 Å². The quantitative estimate of drug-likeness (QED) is 0.781. The van der Waals surface area contributed by atoms with Gasteiger partial charge in [-0.05, 0) is 24.3 Å². The molecule has 0 radical (unpaired) electrons. The zero-order chi connectivity index (χ0) is 16.7. The highest BCUT2D eigenvalue weighted by atomic mass is 19.1. The van der Waals surface area contributed by atoms with E-state index < -0.39 is 11.8 Å². The molecule has 5 nitrogen and oxygen atoms in total. The third-order valence-electron chi connectivity index (χ3n) is 3.82. The minimum atomic E-state index is -1.09. The van der Waals surface area contributed by atoms with Gasteiger partial charge in [-0.1, -0.05) is 12.1 Å². The standard InChI is InChI=1S/C18H12FNO4/c19-11-3-1-2-10(6-11)14-7-13(18(21)22)12-8-16-17(9-15(12)20-14)24-5-4-23-16/h1-3,6-9H,4-5H2,(H,21,22). The molecule has 1 aliphatic rings. The summed E-state index contributed by atoms with van der Waals surface area (Å²) in [5, 5.41) is 9.99. The zero-order valence-electron chi connectivity index (χ0n) is 12.5. The van der Waals surface area contributed by atoms with Gasteiger partial charge in [0.15, 0.2) is 11.5 Å². The molecule has 0 unspecified atom stereocenters. The number of ether oxygens (including phenoxy) is 2. The van der Waals surface area contributed by atoms with E-state index in [2.05, 4.69) is 4.98 Å². The number of fused-ring (bicyclic) bond motifs is 2. The number of benzene rings is 2. The third-order valence-corrected chi connectivity index (χ3v) is 3.82. The number of hydrogen-bond acceptors (Lipinski definition) is 4. The predicted octanol–water partition coefficient (Wildman–Crippen LogP) is 3.51. The summed E-state index contributed by atoms with van der Waals surface area (Å²) in [6, 6.07) is 10.6. The Hall–Kier alpha value is -3.15. The number of halogens is 1. The number of pyridine rings is 1. The van der Waals surface area contributed by atoms with Crippen LogP contribution in [-0.4, -0.2) is 29.3 Å². The molecule has 0 amide bonds. The minimum Gasteiger partial charge on any atom is -0.486 e. The molecule has 4 rings (SSSR count). The van der Waals surface area contributed by atoms with Gasteiger partial charge in [0.05, 0.1) is 16.8 Å². The van der Waals surface area contributed by atoms with E-state index in [1.807, 2.05) is 0 Å². The number of carboxylic acid groups (broad SMARTS) is 1. The van der Waals surface area contributed by atoms with Crippen LogP contribution in [0.15, 0.2) is 42.5 Å². The predicted molar refractivity (Wildman–Crippen MR) is 85.1 cm³/mol. The van der Waals surface area contributed by atoms with Crippen LogP contribution in [0.4, 0.5) is 4.39 Å². The first-order chi connectivity index (χ1) is 11.6. The molecule has 0 atom stereocenters. The van der Waals surface area contributed by atoms with Gasteiger partial charge in [0.1, 0.15) is 19.0 Å². The summed E-state index contributed by atoms with van der Waals surface area (Å²) in [7, 11) is 0. The van der Waals surface area contributed by atoms with Crippen LogP contribution in [0.3, 0.4) is 0 Å². The molecule has 1 aromatic heterocycles. The fourth-order valence-electron chi connectivity index (χ4n) is 2.74. The van der Waals surface area contributed by atoms with Crippen LogP contribution in [-0.2, 0) is 0 Å². The molecule has 2 aromatic carbocycles. The molecule has 0 fully saturated rings. The lowest BCUT2D eigenvalue weighted by atomic mass is 10.0. The van der Waals surface area contributed by atoms with Crippen molar-refractivity contribution < 1.29 is 23.8 Å². The molecule has 24 heavy (non-hydrogen) atoms. The molecule has 0 saturated carbocycles. The molecule has 6 heteroatoms. The van der Waals surface area contributed by atoms with Crippen LogP contribution in [0.1, 0.15) is 10.4 Å². The van der Waals surface area contributed by atoms with E-state index >= 15 is 0 Å². The molecule has 0 aliphatic carbocycles. The fourth-order valence-corrected chi connectivity index (χ4v) is 2.74.